The van der Waals surface area contributed by atoms with Gasteiger partial charge in [0, 0.05) is 12.1 Å². The first kappa shape index (κ1) is 12.3. The molecule has 0 aromatic rings. The van der Waals surface area contributed by atoms with Gasteiger partial charge in [0.05, 0.1) is 5.38 Å². The smallest absolute Gasteiger partial charge is 0.0526 e. The van der Waals surface area contributed by atoms with Crippen molar-refractivity contribution in [3.63, 3.8) is 0 Å². The third kappa shape index (κ3) is 2.87. The predicted octanol–water partition coefficient (Wildman–Crippen LogP) is 3.51. The molecule has 0 spiro atoms. The van der Waals surface area contributed by atoms with Crippen molar-refractivity contribution in [1.82, 2.24) is 4.90 Å². The van der Waals surface area contributed by atoms with Crippen LogP contribution in [0, 0.1) is 5.41 Å². The van der Waals surface area contributed by atoms with Crippen LogP contribution >= 0.6 is 11.6 Å². The highest BCUT2D eigenvalue weighted by Crippen LogP contribution is 2.34. The van der Waals surface area contributed by atoms with E-state index in [1.54, 1.807) is 0 Å². The maximum absolute atomic E-state index is 6.31. The Bertz CT molecular complexity index is 193. The molecule has 0 aromatic heterocycles. The Labute approximate surface area is 93.8 Å². The normalized spacial score (nSPS) is 28.3. The lowest BCUT2D eigenvalue weighted by Crippen LogP contribution is -2.44. The van der Waals surface area contributed by atoms with E-state index in [9.17, 15) is 0 Å². The van der Waals surface area contributed by atoms with E-state index in [4.69, 9.17) is 11.6 Å². The van der Waals surface area contributed by atoms with E-state index in [-0.39, 0.29) is 5.54 Å². The minimum Gasteiger partial charge on any atom is -0.297 e. The molecule has 1 saturated heterocycles. The van der Waals surface area contributed by atoms with Crippen molar-refractivity contribution in [2.75, 3.05) is 13.1 Å². The molecular weight excluding hydrogens is 194 g/mol. The van der Waals surface area contributed by atoms with Gasteiger partial charge < -0.3 is 0 Å². The Hall–Kier alpha value is 0.250. The SMILES string of the molecule is CC(C)(C)CCN1CCC(Cl)C1(C)C. The number of hydrogen-bond donors (Lipinski definition) is 0. The average molecular weight is 218 g/mol. The van der Waals surface area contributed by atoms with E-state index in [2.05, 4.69) is 39.5 Å². The van der Waals surface area contributed by atoms with Crippen LogP contribution in [0.4, 0.5) is 0 Å². The number of rotatable bonds is 2. The van der Waals surface area contributed by atoms with Gasteiger partial charge in [-0.3, -0.25) is 4.90 Å². The average Bonchev–Trinajstić information content (AvgIpc) is 2.23. The van der Waals surface area contributed by atoms with Gasteiger partial charge in [0.1, 0.15) is 0 Å². The molecule has 1 aliphatic heterocycles. The number of nitrogens with zero attached hydrogens (tertiary/aromatic N) is 1. The van der Waals surface area contributed by atoms with Crippen LogP contribution in [-0.2, 0) is 0 Å². The van der Waals surface area contributed by atoms with Crippen LogP contribution in [0.15, 0.2) is 0 Å². The summed E-state index contributed by atoms with van der Waals surface area (Å²) in [6.07, 6.45) is 2.39. The lowest BCUT2D eigenvalue weighted by molar-refractivity contribution is 0.154. The van der Waals surface area contributed by atoms with Crippen LogP contribution in [0.2, 0.25) is 0 Å². The highest BCUT2D eigenvalue weighted by atomic mass is 35.5. The minimum atomic E-state index is 0.187. The molecule has 1 atom stereocenters. The first-order valence-corrected chi connectivity index (χ1v) is 6.06. The Morgan fingerprint density at radius 2 is 1.93 bits per heavy atom. The molecule has 1 rings (SSSR count). The molecule has 0 bridgehead atoms. The fourth-order valence-corrected chi connectivity index (χ4v) is 2.21. The summed E-state index contributed by atoms with van der Waals surface area (Å²) in [4.78, 5) is 2.54. The summed E-state index contributed by atoms with van der Waals surface area (Å²) in [5.74, 6) is 0. The van der Waals surface area contributed by atoms with E-state index < -0.39 is 0 Å². The zero-order valence-corrected chi connectivity index (χ0v) is 11.0. The van der Waals surface area contributed by atoms with Crippen molar-refractivity contribution in [3.05, 3.63) is 0 Å². The summed E-state index contributed by atoms with van der Waals surface area (Å²) >= 11 is 6.31. The van der Waals surface area contributed by atoms with Gasteiger partial charge in [-0.2, -0.15) is 0 Å². The van der Waals surface area contributed by atoms with E-state index in [0.29, 0.717) is 10.8 Å². The summed E-state index contributed by atoms with van der Waals surface area (Å²) in [6, 6.07) is 0. The Morgan fingerprint density at radius 1 is 1.36 bits per heavy atom. The van der Waals surface area contributed by atoms with Crippen LogP contribution in [0.25, 0.3) is 0 Å². The highest BCUT2D eigenvalue weighted by Gasteiger charge is 2.39. The first-order valence-electron chi connectivity index (χ1n) is 5.62. The number of alkyl halides is 1. The second-order valence-corrected chi connectivity index (χ2v) is 6.73. The van der Waals surface area contributed by atoms with Crippen molar-refractivity contribution >= 4 is 11.6 Å². The molecule has 0 radical (unpaired) electrons. The van der Waals surface area contributed by atoms with Crippen LogP contribution < -0.4 is 0 Å². The van der Waals surface area contributed by atoms with E-state index in [1.165, 1.54) is 13.0 Å². The quantitative estimate of drug-likeness (QED) is 0.640. The molecule has 1 fully saturated rings. The van der Waals surface area contributed by atoms with Gasteiger partial charge in [-0.15, -0.1) is 11.6 Å². The Kier molecular flexibility index (Phi) is 3.53. The topological polar surface area (TPSA) is 3.24 Å². The second kappa shape index (κ2) is 4.02. The molecule has 0 amide bonds. The lowest BCUT2D eigenvalue weighted by Gasteiger charge is -2.35. The largest absolute Gasteiger partial charge is 0.297 e. The molecule has 0 aromatic carbocycles. The summed E-state index contributed by atoms with van der Waals surface area (Å²) in [7, 11) is 0. The van der Waals surface area contributed by atoms with Gasteiger partial charge in [0.2, 0.25) is 0 Å². The summed E-state index contributed by atoms with van der Waals surface area (Å²) in [6.45, 7) is 13.8. The van der Waals surface area contributed by atoms with Crippen molar-refractivity contribution < 1.29 is 0 Å². The Balaban J connectivity index is 2.47. The maximum Gasteiger partial charge on any atom is 0.0526 e. The van der Waals surface area contributed by atoms with Gasteiger partial charge in [-0.25, -0.2) is 0 Å². The molecule has 0 aliphatic carbocycles. The lowest BCUT2D eigenvalue weighted by atomic mass is 9.91. The number of halogens is 1. The summed E-state index contributed by atoms with van der Waals surface area (Å²) in [5, 5.41) is 0.322. The van der Waals surface area contributed by atoms with Gasteiger partial charge in [-0.05, 0) is 38.6 Å². The van der Waals surface area contributed by atoms with Gasteiger partial charge in [0.15, 0.2) is 0 Å². The van der Waals surface area contributed by atoms with Crippen molar-refractivity contribution in [1.29, 1.82) is 0 Å². The third-order valence-corrected chi connectivity index (χ3v) is 4.12. The maximum atomic E-state index is 6.31. The number of likely N-dealkylation sites (tertiary alicyclic amines) is 1. The molecule has 1 nitrogen and oxygen atoms in total. The molecule has 0 N–H and O–H groups in total. The zero-order valence-electron chi connectivity index (χ0n) is 10.2. The van der Waals surface area contributed by atoms with Crippen LogP contribution in [0.1, 0.15) is 47.5 Å². The standard InChI is InChI=1S/C12H24ClN/c1-11(2,3)7-9-14-8-6-10(13)12(14,4)5/h10H,6-9H2,1-5H3. The van der Waals surface area contributed by atoms with E-state index in [0.717, 1.165) is 13.0 Å². The van der Waals surface area contributed by atoms with Crippen molar-refractivity contribution in [2.24, 2.45) is 5.41 Å². The molecule has 1 heterocycles. The van der Waals surface area contributed by atoms with Gasteiger partial charge in [-0.1, -0.05) is 20.8 Å². The molecule has 0 saturated carbocycles. The number of hydrogen-bond acceptors (Lipinski definition) is 1. The van der Waals surface area contributed by atoms with Crippen LogP contribution in [0.5, 0.6) is 0 Å². The molecule has 84 valence electrons. The highest BCUT2D eigenvalue weighted by molar-refractivity contribution is 6.21. The zero-order chi connectivity index (χ0) is 11.0. The second-order valence-electron chi connectivity index (χ2n) is 6.21. The third-order valence-electron chi connectivity index (χ3n) is 3.37. The van der Waals surface area contributed by atoms with Crippen molar-refractivity contribution in [3.8, 4) is 0 Å². The van der Waals surface area contributed by atoms with Gasteiger partial charge >= 0.3 is 0 Å². The van der Waals surface area contributed by atoms with Crippen molar-refractivity contribution in [2.45, 2.75) is 58.4 Å². The Morgan fingerprint density at radius 3 is 2.29 bits per heavy atom. The molecular formula is C12H24ClN. The molecule has 14 heavy (non-hydrogen) atoms. The fraction of sp³-hybridized carbons (Fsp3) is 1.00. The van der Waals surface area contributed by atoms with E-state index in [1.807, 2.05) is 0 Å². The fourth-order valence-electron chi connectivity index (χ4n) is 1.98. The van der Waals surface area contributed by atoms with E-state index >= 15 is 0 Å². The minimum absolute atomic E-state index is 0.187. The summed E-state index contributed by atoms with van der Waals surface area (Å²) in [5.41, 5.74) is 0.618. The molecule has 2 heteroatoms. The summed E-state index contributed by atoms with van der Waals surface area (Å²) < 4.78 is 0. The molecule has 1 aliphatic rings. The van der Waals surface area contributed by atoms with Crippen LogP contribution in [-0.4, -0.2) is 28.9 Å². The van der Waals surface area contributed by atoms with Gasteiger partial charge in [0.25, 0.3) is 0 Å². The van der Waals surface area contributed by atoms with Crippen LogP contribution in [0.3, 0.4) is 0 Å². The first-order chi connectivity index (χ1) is 6.23. The predicted molar refractivity (Wildman–Crippen MR) is 64.0 cm³/mol. The monoisotopic (exact) mass is 217 g/mol. The molecule has 1 unspecified atom stereocenters.